The molecular weight excluding hydrogens is 248 g/mol. The fourth-order valence-corrected chi connectivity index (χ4v) is 1.58. The van der Waals surface area contributed by atoms with Crippen LogP contribution in [0.2, 0.25) is 0 Å². The van der Waals surface area contributed by atoms with Gasteiger partial charge >= 0.3 is 11.7 Å². The lowest BCUT2D eigenvalue weighted by Gasteiger charge is -2.09. The van der Waals surface area contributed by atoms with Crippen LogP contribution in [0.5, 0.6) is 5.75 Å². The number of rotatable bonds is 5. The highest BCUT2D eigenvalue weighted by molar-refractivity contribution is 5.90. The minimum Gasteiger partial charge on any atom is -0.491 e. The molecule has 1 N–H and O–H groups in total. The summed E-state index contributed by atoms with van der Waals surface area (Å²) in [5.41, 5.74) is -0.265. The molecule has 0 aliphatic carbocycles. The first-order valence-corrected chi connectivity index (χ1v) is 5.65. The molecule has 0 fully saturated rings. The van der Waals surface area contributed by atoms with E-state index in [0.717, 1.165) is 0 Å². The average Bonchev–Trinajstić information content (AvgIpc) is 2.41. The number of carboxylic acids is 1. The summed E-state index contributed by atoms with van der Waals surface area (Å²) >= 11 is 0. The molecule has 6 heteroatoms. The number of nitrogens with zero attached hydrogens (tertiary/aromatic N) is 2. The Hall–Kier alpha value is -2.63. The standard InChI is InChI=1S/C13H12N2O4/c16-12(17)10-4-1-2-5-11(10)19-9-8-15-7-3-6-14-13(15)18/h1-7H,8-9H2,(H,16,17). The highest BCUT2D eigenvalue weighted by atomic mass is 16.5. The van der Waals surface area contributed by atoms with E-state index < -0.39 is 5.97 Å². The molecule has 19 heavy (non-hydrogen) atoms. The molecule has 1 aromatic heterocycles. The Balaban J connectivity index is 2.02. The maximum Gasteiger partial charge on any atom is 0.347 e. The van der Waals surface area contributed by atoms with E-state index in [1.165, 1.54) is 16.8 Å². The van der Waals surface area contributed by atoms with Crippen molar-refractivity contribution >= 4 is 5.97 Å². The zero-order valence-electron chi connectivity index (χ0n) is 10.0. The van der Waals surface area contributed by atoms with Gasteiger partial charge in [0.25, 0.3) is 0 Å². The van der Waals surface area contributed by atoms with Gasteiger partial charge < -0.3 is 9.84 Å². The van der Waals surface area contributed by atoms with E-state index in [4.69, 9.17) is 9.84 Å². The van der Waals surface area contributed by atoms with Gasteiger partial charge in [0.15, 0.2) is 0 Å². The Bertz CT molecular complexity index is 636. The lowest BCUT2D eigenvalue weighted by atomic mass is 10.2. The maximum atomic E-state index is 11.3. The molecule has 2 rings (SSSR count). The molecule has 0 aliphatic heterocycles. The first-order valence-electron chi connectivity index (χ1n) is 5.65. The van der Waals surface area contributed by atoms with Crippen molar-refractivity contribution in [1.82, 2.24) is 9.55 Å². The predicted octanol–water partition coefficient (Wildman–Crippen LogP) is 1.02. The van der Waals surface area contributed by atoms with Gasteiger partial charge in [0, 0.05) is 12.4 Å². The zero-order valence-corrected chi connectivity index (χ0v) is 10.0. The SMILES string of the molecule is O=C(O)c1ccccc1OCCn1cccnc1=O. The number of carboxylic acid groups (broad SMARTS) is 1. The number of aromatic nitrogens is 2. The van der Waals surface area contributed by atoms with Crippen LogP contribution < -0.4 is 10.4 Å². The normalized spacial score (nSPS) is 10.1. The topological polar surface area (TPSA) is 81.4 Å². The Morgan fingerprint density at radius 3 is 2.84 bits per heavy atom. The largest absolute Gasteiger partial charge is 0.491 e. The number of aromatic carboxylic acids is 1. The molecule has 0 radical (unpaired) electrons. The van der Waals surface area contributed by atoms with Crippen LogP contribution in [0.15, 0.2) is 47.5 Å². The minimum absolute atomic E-state index is 0.0982. The summed E-state index contributed by atoms with van der Waals surface area (Å²) in [7, 11) is 0. The lowest BCUT2D eigenvalue weighted by Crippen LogP contribution is -2.24. The van der Waals surface area contributed by atoms with Crippen LogP contribution in [0, 0.1) is 0 Å². The fraction of sp³-hybridized carbons (Fsp3) is 0.154. The summed E-state index contributed by atoms with van der Waals surface area (Å²) < 4.78 is 6.78. The van der Waals surface area contributed by atoms with Gasteiger partial charge in [0.05, 0.1) is 6.54 Å². The van der Waals surface area contributed by atoms with E-state index in [2.05, 4.69) is 4.98 Å². The van der Waals surface area contributed by atoms with Crippen LogP contribution >= 0.6 is 0 Å². The van der Waals surface area contributed by atoms with Gasteiger partial charge in [-0.15, -0.1) is 0 Å². The van der Waals surface area contributed by atoms with Crippen molar-refractivity contribution in [3.8, 4) is 5.75 Å². The average molecular weight is 260 g/mol. The molecule has 0 saturated heterocycles. The first-order chi connectivity index (χ1) is 9.18. The van der Waals surface area contributed by atoms with Crippen molar-refractivity contribution in [2.75, 3.05) is 6.61 Å². The van der Waals surface area contributed by atoms with Crippen LogP contribution in [0.25, 0.3) is 0 Å². The number of hydrogen-bond donors (Lipinski definition) is 1. The number of carbonyl (C=O) groups is 1. The van der Waals surface area contributed by atoms with Crippen LogP contribution in [-0.4, -0.2) is 27.2 Å². The van der Waals surface area contributed by atoms with Crippen LogP contribution in [0.3, 0.4) is 0 Å². The Labute approximate surface area is 108 Å². The van der Waals surface area contributed by atoms with Gasteiger partial charge in [-0.2, -0.15) is 0 Å². The van der Waals surface area contributed by atoms with E-state index in [9.17, 15) is 9.59 Å². The highest BCUT2D eigenvalue weighted by Gasteiger charge is 2.09. The van der Waals surface area contributed by atoms with E-state index in [1.807, 2.05) is 0 Å². The Morgan fingerprint density at radius 1 is 1.32 bits per heavy atom. The van der Waals surface area contributed by atoms with Gasteiger partial charge in [-0.05, 0) is 18.2 Å². The summed E-state index contributed by atoms with van der Waals surface area (Å²) in [6.07, 6.45) is 3.02. The molecule has 0 atom stereocenters. The van der Waals surface area contributed by atoms with Crippen molar-refractivity contribution < 1.29 is 14.6 Å². The lowest BCUT2D eigenvalue weighted by molar-refractivity contribution is 0.0692. The second-order valence-corrected chi connectivity index (χ2v) is 3.75. The Morgan fingerprint density at radius 2 is 2.11 bits per heavy atom. The molecular formula is C13H12N2O4. The molecule has 0 unspecified atom stereocenters. The molecule has 0 bridgehead atoms. The first kappa shape index (κ1) is 12.8. The number of para-hydroxylation sites is 1. The highest BCUT2D eigenvalue weighted by Crippen LogP contribution is 2.17. The molecule has 1 heterocycles. The summed E-state index contributed by atoms with van der Waals surface area (Å²) in [6.45, 7) is 0.497. The fourth-order valence-electron chi connectivity index (χ4n) is 1.58. The molecule has 2 aromatic rings. The van der Waals surface area contributed by atoms with Gasteiger partial charge in [-0.25, -0.2) is 14.6 Å². The van der Waals surface area contributed by atoms with E-state index in [-0.39, 0.29) is 23.6 Å². The summed E-state index contributed by atoms with van der Waals surface area (Å²) in [5.74, 6) is -0.763. The zero-order chi connectivity index (χ0) is 13.7. The molecule has 1 aromatic carbocycles. The quantitative estimate of drug-likeness (QED) is 0.868. The van der Waals surface area contributed by atoms with Crippen LogP contribution in [-0.2, 0) is 6.54 Å². The second-order valence-electron chi connectivity index (χ2n) is 3.75. The van der Waals surface area contributed by atoms with Gasteiger partial charge in [-0.1, -0.05) is 12.1 Å². The third kappa shape index (κ3) is 3.19. The predicted molar refractivity (Wildman–Crippen MR) is 67.4 cm³/mol. The van der Waals surface area contributed by atoms with E-state index in [0.29, 0.717) is 6.54 Å². The van der Waals surface area contributed by atoms with Crippen molar-refractivity contribution in [3.05, 3.63) is 58.8 Å². The van der Waals surface area contributed by atoms with Gasteiger partial charge in [0.2, 0.25) is 0 Å². The summed E-state index contributed by atoms with van der Waals surface area (Å²) in [4.78, 5) is 25.9. The van der Waals surface area contributed by atoms with E-state index >= 15 is 0 Å². The molecule has 6 nitrogen and oxygen atoms in total. The number of hydrogen-bond acceptors (Lipinski definition) is 4. The van der Waals surface area contributed by atoms with Gasteiger partial charge in [-0.3, -0.25) is 4.57 Å². The van der Waals surface area contributed by atoms with Gasteiger partial charge in [0.1, 0.15) is 17.9 Å². The minimum atomic E-state index is -1.05. The molecule has 0 aliphatic rings. The summed E-state index contributed by atoms with van der Waals surface area (Å²) in [5, 5.41) is 8.98. The van der Waals surface area contributed by atoms with Crippen LogP contribution in [0.1, 0.15) is 10.4 Å². The monoisotopic (exact) mass is 260 g/mol. The molecule has 0 amide bonds. The third-order valence-electron chi connectivity index (χ3n) is 2.49. The molecule has 0 saturated carbocycles. The third-order valence-corrected chi connectivity index (χ3v) is 2.49. The smallest absolute Gasteiger partial charge is 0.347 e. The number of ether oxygens (including phenoxy) is 1. The van der Waals surface area contributed by atoms with Crippen molar-refractivity contribution in [1.29, 1.82) is 0 Å². The van der Waals surface area contributed by atoms with Crippen LogP contribution in [0.4, 0.5) is 0 Å². The molecule has 0 spiro atoms. The van der Waals surface area contributed by atoms with Crippen molar-refractivity contribution in [2.24, 2.45) is 0 Å². The van der Waals surface area contributed by atoms with Crippen molar-refractivity contribution in [2.45, 2.75) is 6.54 Å². The number of benzene rings is 1. The van der Waals surface area contributed by atoms with E-state index in [1.54, 1.807) is 30.5 Å². The van der Waals surface area contributed by atoms with Crippen molar-refractivity contribution in [3.63, 3.8) is 0 Å². The Kier molecular flexibility index (Phi) is 3.92. The molecule has 98 valence electrons. The maximum absolute atomic E-state index is 11.3. The second kappa shape index (κ2) is 5.81. The summed E-state index contributed by atoms with van der Waals surface area (Å²) in [6, 6.07) is 8.01.